The number of aryl methyl sites for hydroxylation is 1. The van der Waals surface area contributed by atoms with Gasteiger partial charge in [0.25, 0.3) is 5.91 Å². The molecule has 0 unspecified atom stereocenters. The monoisotopic (exact) mass is 390 g/mol. The number of fused-ring (bicyclic) bond motifs is 2. The van der Waals surface area contributed by atoms with Crippen molar-refractivity contribution in [2.75, 3.05) is 13.1 Å². The molecule has 2 aliphatic rings. The van der Waals surface area contributed by atoms with Crippen LogP contribution in [0.2, 0.25) is 5.02 Å². The quantitative estimate of drug-likeness (QED) is 0.586. The van der Waals surface area contributed by atoms with Crippen LogP contribution in [-0.4, -0.2) is 25.0 Å². The van der Waals surface area contributed by atoms with E-state index in [-0.39, 0.29) is 5.91 Å². The number of carbonyl (C=O) groups excluding carboxylic acids is 1. The van der Waals surface area contributed by atoms with Crippen LogP contribution in [0.4, 0.5) is 0 Å². The molecule has 0 atom stereocenters. The molecular weight excluding hydrogens is 356 g/mol. The average Bonchev–Trinajstić information content (AvgIpc) is 2.64. The molecule has 0 heterocycles. The van der Waals surface area contributed by atoms with Gasteiger partial charge in [-0.15, -0.1) is 0 Å². The van der Waals surface area contributed by atoms with Crippen LogP contribution in [0.5, 0.6) is 0 Å². The number of benzene rings is 1. The summed E-state index contributed by atoms with van der Waals surface area (Å²) < 4.78 is 0. The summed E-state index contributed by atoms with van der Waals surface area (Å²) >= 11 is 6.35. The van der Waals surface area contributed by atoms with Crippen LogP contribution in [0.3, 0.4) is 0 Å². The smallest absolute Gasteiger partial charge is 0.252 e. The van der Waals surface area contributed by atoms with Crippen molar-refractivity contribution in [1.82, 2.24) is 10.6 Å². The predicted octanol–water partition coefficient (Wildman–Crippen LogP) is 5.36. The highest BCUT2D eigenvalue weighted by Gasteiger charge is 2.39. The molecule has 2 bridgehead atoms. The van der Waals surface area contributed by atoms with E-state index < -0.39 is 0 Å². The van der Waals surface area contributed by atoms with Gasteiger partial charge in [0.2, 0.25) is 0 Å². The summed E-state index contributed by atoms with van der Waals surface area (Å²) in [6, 6.07) is 6.40. The summed E-state index contributed by atoms with van der Waals surface area (Å²) in [5, 5.41) is 7.22. The molecule has 2 aliphatic carbocycles. The second-order valence-electron chi connectivity index (χ2n) is 9.06. The van der Waals surface area contributed by atoms with E-state index >= 15 is 0 Å². The van der Waals surface area contributed by atoms with Crippen LogP contribution in [-0.2, 0) is 6.42 Å². The topological polar surface area (TPSA) is 41.1 Å². The van der Waals surface area contributed by atoms with Gasteiger partial charge in [0.15, 0.2) is 0 Å². The Labute approximate surface area is 169 Å². The minimum atomic E-state index is -0.00997. The maximum Gasteiger partial charge on any atom is 0.252 e. The SMILES string of the molecule is CC(C)NCCCc1ccc(Cl)c(C(=O)NCC23CCCC(CCC2)C3)c1. The molecule has 3 nitrogen and oxygen atoms in total. The molecule has 150 valence electrons. The average molecular weight is 391 g/mol. The Hall–Kier alpha value is -1.06. The highest BCUT2D eigenvalue weighted by Crippen LogP contribution is 2.48. The molecule has 27 heavy (non-hydrogen) atoms. The van der Waals surface area contributed by atoms with Gasteiger partial charge in [0.05, 0.1) is 10.6 Å². The minimum Gasteiger partial charge on any atom is -0.351 e. The van der Waals surface area contributed by atoms with Gasteiger partial charge >= 0.3 is 0 Å². The van der Waals surface area contributed by atoms with Gasteiger partial charge in [0.1, 0.15) is 0 Å². The molecule has 2 N–H and O–H groups in total. The van der Waals surface area contributed by atoms with Crippen molar-refractivity contribution in [3.05, 3.63) is 34.3 Å². The molecule has 4 heteroatoms. The molecule has 3 rings (SSSR count). The third-order valence-corrected chi connectivity index (χ3v) is 6.78. The van der Waals surface area contributed by atoms with Crippen molar-refractivity contribution in [3.8, 4) is 0 Å². The fourth-order valence-corrected chi connectivity index (χ4v) is 5.22. The zero-order valence-electron chi connectivity index (χ0n) is 17.0. The lowest BCUT2D eigenvalue weighted by molar-refractivity contribution is 0.0682. The highest BCUT2D eigenvalue weighted by molar-refractivity contribution is 6.33. The van der Waals surface area contributed by atoms with Crippen molar-refractivity contribution in [3.63, 3.8) is 0 Å². The molecule has 0 aromatic heterocycles. The number of hydrogen-bond donors (Lipinski definition) is 2. The van der Waals surface area contributed by atoms with E-state index in [1.807, 2.05) is 18.2 Å². The summed E-state index contributed by atoms with van der Waals surface area (Å²) in [7, 11) is 0. The lowest BCUT2D eigenvalue weighted by Crippen LogP contribution is -2.43. The lowest BCUT2D eigenvalue weighted by Gasteiger charge is -2.45. The molecule has 0 radical (unpaired) electrons. The number of hydrogen-bond acceptors (Lipinski definition) is 2. The van der Waals surface area contributed by atoms with Crippen molar-refractivity contribution in [1.29, 1.82) is 0 Å². The normalized spacial score (nSPS) is 24.8. The van der Waals surface area contributed by atoms with Gasteiger partial charge in [0, 0.05) is 12.6 Å². The van der Waals surface area contributed by atoms with Crippen molar-refractivity contribution >= 4 is 17.5 Å². The zero-order chi connectivity index (χ0) is 19.3. The Bertz CT molecular complexity index is 633. The molecule has 1 amide bonds. The Morgan fingerprint density at radius 2 is 2.00 bits per heavy atom. The molecule has 1 aromatic carbocycles. The number of carbonyl (C=O) groups is 1. The lowest BCUT2D eigenvalue weighted by atomic mass is 9.62. The number of nitrogens with one attached hydrogen (secondary N) is 2. The third-order valence-electron chi connectivity index (χ3n) is 6.45. The van der Waals surface area contributed by atoms with Crippen molar-refractivity contribution < 1.29 is 4.79 Å². The van der Waals surface area contributed by atoms with Crippen LogP contribution in [0.25, 0.3) is 0 Å². The molecule has 2 saturated carbocycles. The first-order valence-corrected chi connectivity index (χ1v) is 11.2. The van der Waals surface area contributed by atoms with E-state index in [0.29, 0.717) is 22.0 Å². The molecule has 0 saturated heterocycles. The van der Waals surface area contributed by atoms with Crippen LogP contribution in [0, 0.1) is 11.3 Å². The fourth-order valence-electron chi connectivity index (χ4n) is 5.02. The van der Waals surface area contributed by atoms with Crippen LogP contribution in [0.1, 0.15) is 81.1 Å². The second kappa shape index (κ2) is 9.43. The molecule has 0 aliphatic heterocycles. The number of amides is 1. The summed E-state index contributed by atoms with van der Waals surface area (Å²) in [4.78, 5) is 12.8. The Morgan fingerprint density at radius 3 is 2.70 bits per heavy atom. The predicted molar refractivity (Wildman–Crippen MR) is 113 cm³/mol. The summed E-state index contributed by atoms with van der Waals surface area (Å²) in [6.45, 7) is 6.11. The van der Waals surface area contributed by atoms with Gasteiger partial charge < -0.3 is 10.6 Å². The molecule has 2 fully saturated rings. The highest BCUT2D eigenvalue weighted by atomic mass is 35.5. The van der Waals surface area contributed by atoms with E-state index in [0.717, 1.165) is 31.8 Å². The van der Waals surface area contributed by atoms with Crippen LogP contribution >= 0.6 is 11.6 Å². The minimum absolute atomic E-state index is 0.00997. The second-order valence-corrected chi connectivity index (χ2v) is 9.47. The van der Waals surface area contributed by atoms with Gasteiger partial charge in [-0.2, -0.15) is 0 Å². The maximum atomic E-state index is 12.8. The summed E-state index contributed by atoms with van der Waals surface area (Å²) in [5.74, 6) is 0.875. The maximum absolute atomic E-state index is 12.8. The molecular formula is C23H35ClN2O. The standard InChI is InChI=1S/C23H35ClN2O/c1-17(2)25-13-5-8-18-9-10-21(24)20(14-18)22(27)26-16-23-11-3-6-19(15-23)7-4-12-23/h9-10,14,17,19,25H,3-8,11-13,15-16H2,1-2H3,(H,26,27). The van der Waals surface area contributed by atoms with Crippen molar-refractivity contribution in [2.45, 2.75) is 77.7 Å². The fraction of sp³-hybridized carbons (Fsp3) is 0.696. The first-order valence-electron chi connectivity index (χ1n) is 10.8. The van der Waals surface area contributed by atoms with Crippen LogP contribution in [0.15, 0.2) is 18.2 Å². The third kappa shape index (κ3) is 5.71. The Kier molecular flexibility index (Phi) is 7.22. The largest absolute Gasteiger partial charge is 0.351 e. The van der Waals surface area contributed by atoms with E-state index in [2.05, 4.69) is 24.5 Å². The first-order chi connectivity index (χ1) is 13.0. The van der Waals surface area contributed by atoms with Gasteiger partial charge in [-0.3, -0.25) is 4.79 Å². The van der Waals surface area contributed by atoms with Gasteiger partial charge in [-0.25, -0.2) is 0 Å². The van der Waals surface area contributed by atoms with E-state index in [9.17, 15) is 4.79 Å². The number of rotatable bonds is 8. The van der Waals surface area contributed by atoms with Gasteiger partial charge in [-0.1, -0.05) is 57.2 Å². The van der Waals surface area contributed by atoms with Gasteiger partial charge in [-0.05, 0) is 67.7 Å². The van der Waals surface area contributed by atoms with E-state index in [1.54, 1.807) is 0 Å². The Morgan fingerprint density at radius 1 is 1.26 bits per heavy atom. The first kappa shape index (κ1) is 20.7. The van der Waals surface area contributed by atoms with Crippen LogP contribution < -0.4 is 10.6 Å². The zero-order valence-corrected chi connectivity index (χ0v) is 17.7. The Balaban J connectivity index is 1.56. The van der Waals surface area contributed by atoms with E-state index in [1.165, 1.54) is 50.5 Å². The summed E-state index contributed by atoms with van der Waals surface area (Å²) in [5.41, 5.74) is 2.15. The van der Waals surface area contributed by atoms with Crippen molar-refractivity contribution in [2.24, 2.45) is 11.3 Å². The number of halogens is 1. The van der Waals surface area contributed by atoms with E-state index in [4.69, 9.17) is 11.6 Å². The molecule has 0 spiro atoms. The molecule has 1 aromatic rings. The summed E-state index contributed by atoms with van der Waals surface area (Å²) in [6.07, 6.45) is 11.3.